The Morgan fingerprint density at radius 1 is 1.07 bits per heavy atom. The molecule has 6 heteroatoms. The van der Waals surface area contributed by atoms with Gasteiger partial charge in [-0.25, -0.2) is 4.98 Å². The molecule has 1 N–H and O–H groups in total. The molecule has 0 aliphatic heterocycles. The van der Waals surface area contributed by atoms with Gasteiger partial charge in [0.15, 0.2) is 0 Å². The summed E-state index contributed by atoms with van der Waals surface area (Å²) in [5, 5.41) is 2.66. The predicted octanol–water partition coefficient (Wildman–Crippen LogP) is 4.29. The van der Waals surface area contributed by atoms with Gasteiger partial charge in [-0.15, -0.1) is 11.3 Å². The minimum Gasteiger partial charge on any atom is -0.496 e. The lowest BCUT2D eigenvalue weighted by Crippen LogP contribution is -2.22. The number of rotatable bonds is 6. The van der Waals surface area contributed by atoms with E-state index in [0.717, 1.165) is 27.3 Å². The zero-order valence-corrected chi connectivity index (χ0v) is 16.6. The predicted molar refractivity (Wildman–Crippen MR) is 114 cm³/mol. The van der Waals surface area contributed by atoms with Crippen LogP contribution in [0.4, 0.5) is 0 Å². The Morgan fingerprint density at radius 3 is 2.61 bits per heavy atom. The van der Waals surface area contributed by atoms with Crippen LogP contribution >= 0.6 is 11.3 Å². The van der Waals surface area contributed by atoms with Crippen molar-refractivity contribution in [2.75, 3.05) is 14.2 Å². The Balaban J connectivity index is 1.59. The van der Waals surface area contributed by atoms with Crippen LogP contribution in [0.15, 0.2) is 64.8 Å². The molecule has 0 aliphatic carbocycles. The molecule has 0 radical (unpaired) electrons. The van der Waals surface area contributed by atoms with Crippen molar-refractivity contribution in [3.8, 4) is 16.9 Å². The van der Waals surface area contributed by atoms with Crippen LogP contribution in [0.3, 0.4) is 0 Å². The van der Waals surface area contributed by atoms with Gasteiger partial charge in [-0.2, -0.15) is 0 Å². The number of para-hydroxylation sites is 1. The van der Waals surface area contributed by atoms with Crippen LogP contribution in [-0.2, 0) is 13.1 Å². The Bertz CT molecular complexity index is 1150. The lowest BCUT2D eigenvalue weighted by Gasteiger charge is -2.17. The summed E-state index contributed by atoms with van der Waals surface area (Å²) in [4.78, 5) is 23.3. The highest BCUT2D eigenvalue weighted by Crippen LogP contribution is 2.30. The van der Waals surface area contributed by atoms with Gasteiger partial charge < -0.3 is 9.72 Å². The average molecular weight is 391 g/mol. The number of fused-ring (bicyclic) bond motifs is 1. The van der Waals surface area contributed by atoms with Gasteiger partial charge in [0.05, 0.1) is 19.0 Å². The van der Waals surface area contributed by atoms with Gasteiger partial charge in [0.1, 0.15) is 16.4 Å². The number of nitrogens with one attached hydrogen (secondary N) is 1. The molecule has 0 atom stereocenters. The summed E-state index contributed by atoms with van der Waals surface area (Å²) in [6.45, 7) is 1.24. The van der Waals surface area contributed by atoms with Gasteiger partial charge in [-0.05, 0) is 18.7 Å². The highest BCUT2D eigenvalue weighted by molar-refractivity contribution is 7.17. The van der Waals surface area contributed by atoms with Gasteiger partial charge >= 0.3 is 0 Å². The van der Waals surface area contributed by atoms with E-state index in [2.05, 4.69) is 9.88 Å². The number of benzene rings is 2. The third-order valence-electron chi connectivity index (χ3n) is 4.63. The fourth-order valence-corrected chi connectivity index (χ4v) is 4.30. The van der Waals surface area contributed by atoms with E-state index in [1.54, 1.807) is 7.11 Å². The van der Waals surface area contributed by atoms with Crippen molar-refractivity contribution >= 4 is 21.6 Å². The largest absolute Gasteiger partial charge is 0.496 e. The molecule has 0 fully saturated rings. The molecule has 0 saturated carbocycles. The molecule has 0 spiro atoms. The van der Waals surface area contributed by atoms with E-state index >= 15 is 0 Å². The van der Waals surface area contributed by atoms with Gasteiger partial charge in [0.25, 0.3) is 5.56 Å². The van der Waals surface area contributed by atoms with Crippen LogP contribution in [0.1, 0.15) is 11.4 Å². The van der Waals surface area contributed by atoms with Gasteiger partial charge in [-0.1, -0.05) is 48.5 Å². The molecular weight excluding hydrogens is 370 g/mol. The molecule has 0 amide bonds. The van der Waals surface area contributed by atoms with E-state index in [0.29, 0.717) is 24.3 Å². The Morgan fingerprint density at radius 2 is 1.82 bits per heavy atom. The molecule has 2 aromatic heterocycles. The minimum absolute atomic E-state index is 0.0919. The van der Waals surface area contributed by atoms with Gasteiger partial charge in [0, 0.05) is 23.1 Å². The Hall–Kier alpha value is -2.96. The lowest BCUT2D eigenvalue weighted by molar-refractivity contribution is 0.303. The van der Waals surface area contributed by atoms with Crippen LogP contribution in [-0.4, -0.2) is 29.0 Å². The first-order chi connectivity index (χ1) is 13.7. The maximum Gasteiger partial charge on any atom is 0.260 e. The first kappa shape index (κ1) is 18.4. The van der Waals surface area contributed by atoms with Crippen LogP contribution in [0.2, 0.25) is 0 Å². The molecule has 28 heavy (non-hydrogen) atoms. The number of ether oxygens (including phenoxy) is 1. The molecule has 0 saturated heterocycles. The number of thiophene rings is 1. The van der Waals surface area contributed by atoms with Crippen molar-refractivity contribution in [1.29, 1.82) is 0 Å². The van der Waals surface area contributed by atoms with Crippen molar-refractivity contribution < 1.29 is 4.74 Å². The standard InChI is InChI=1S/C22H21N3O2S/c1-25(12-16-10-6-7-11-18(16)27-2)13-19-23-21(26)20-17(14-28-22(20)24-19)15-8-4-3-5-9-15/h3-11,14H,12-13H2,1-2H3,(H,23,24,26). The molecular formula is C22H21N3O2S. The Kier molecular flexibility index (Phi) is 5.23. The van der Waals surface area contributed by atoms with Crippen LogP contribution < -0.4 is 10.3 Å². The average Bonchev–Trinajstić information content (AvgIpc) is 3.13. The van der Waals surface area contributed by atoms with Crippen molar-refractivity contribution in [2.24, 2.45) is 0 Å². The van der Waals surface area contributed by atoms with Crippen molar-refractivity contribution in [3.05, 3.63) is 81.7 Å². The van der Waals surface area contributed by atoms with Crippen LogP contribution in [0, 0.1) is 0 Å². The summed E-state index contributed by atoms with van der Waals surface area (Å²) in [5.74, 6) is 1.52. The number of H-pyrrole nitrogens is 1. The fourth-order valence-electron chi connectivity index (χ4n) is 3.33. The van der Waals surface area contributed by atoms with Gasteiger partial charge in [-0.3, -0.25) is 9.69 Å². The summed E-state index contributed by atoms with van der Waals surface area (Å²) in [7, 11) is 3.67. The lowest BCUT2D eigenvalue weighted by atomic mass is 10.1. The number of hydrogen-bond donors (Lipinski definition) is 1. The molecule has 5 nitrogen and oxygen atoms in total. The zero-order valence-electron chi connectivity index (χ0n) is 15.8. The molecule has 2 aromatic carbocycles. The summed E-state index contributed by atoms with van der Waals surface area (Å²) >= 11 is 1.50. The normalized spacial score (nSPS) is 11.2. The second-order valence-electron chi connectivity index (χ2n) is 6.69. The molecule has 0 unspecified atom stereocenters. The minimum atomic E-state index is -0.0919. The third-order valence-corrected chi connectivity index (χ3v) is 5.50. The van der Waals surface area contributed by atoms with E-state index in [1.807, 2.05) is 67.0 Å². The second kappa shape index (κ2) is 7.96. The summed E-state index contributed by atoms with van der Waals surface area (Å²) in [6, 6.07) is 17.9. The molecule has 4 rings (SSSR count). The van der Waals surface area contributed by atoms with Crippen molar-refractivity contribution in [2.45, 2.75) is 13.1 Å². The maximum absolute atomic E-state index is 12.8. The quantitative estimate of drug-likeness (QED) is 0.533. The molecule has 2 heterocycles. The third kappa shape index (κ3) is 3.69. The van der Waals surface area contributed by atoms with E-state index in [9.17, 15) is 4.79 Å². The highest BCUT2D eigenvalue weighted by atomic mass is 32.1. The number of aromatic amines is 1. The maximum atomic E-state index is 12.8. The van der Waals surface area contributed by atoms with Crippen LogP contribution in [0.25, 0.3) is 21.3 Å². The number of aromatic nitrogens is 2. The Labute approximate surface area is 167 Å². The topological polar surface area (TPSA) is 58.2 Å². The van der Waals surface area contributed by atoms with Gasteiger partial charge in [0.2, 0.25) is 0 Å². The molecule has 4 aromatic rings. The monoisotopic (exact) mass is 391 g/mol. The van der Waals surface area contributed by atoms with E-state index in [4.69, 9.17) is 9.72 Å². The fraction of sp³-hybridized carbons (Fsp3) is 0.182. The molecule has 0 bridgehead atoms. The SMILES string of the molecule is COc1ccccc1CN(C)Cc1nc2scc(-c3ccccc3)c2c(=O)[nH]1. The number of methoxy groups -OCH3 is 1. The zero-order chi connectivity index (χ0) is 19.5. The molecule has 0 aliphatic rings. The van der Waals surface area contributed by atoms with E-state index in [-0.39, 0.29) is 5.56 Å². The van der Waals surface area contributed by atoms with Crippen LogP contribution in [0.5, 0.6) is 5.75 Å². The first-order valence-electron chi connectivity index (χ1n) is 9.02. The van der Waals surface area contributed by atoms with Crippen molar-refractivity contribution in [3.63, 3.8) is 0 Å². The van der Waals surface area contributed by atoms with E-state index < -0.39 is 0 Å². The smallest absolute Gasteiger partial charge is 0.260 e. The number of hydrogen-bond acceptors (Lipinski definition) is 5. The first-order valence-corrected chi connectivity index (χ1v) is 9.90. The molecule has 142 valence electrons. The highest BCUT2D eigenvalue weighted by Gasteiger charge is 2.14. The van der Waals surface area contributed by atoms with E-state index in [1.165, 1.54) is 11.3 Å². The second-order valence-corrected chi connectivity index (χ2v) is 7.55. The summed E-state index contributed by atoms with van der Waals surface area (Å²) in [6.07, 6.45) is 0. The van der Waals surface area contributed by atoms with Crippen molar-refractivity contribution in [1.82, 2.24) is 14.9 Å². The number of nitrogens with zero attached hydrogens (tertiary/aromatic N) is 2. The summed E-state index contributed by atoms with van der Waals surface area (Å²) in [5.41, 5.74) is 2.97. The summed E-state index contributed by atoms with van der Waals surface area (Å²) < 4.78 is 5.42.